The van der Waals surface area contributed by atoms with Crippen LogP contribution >= 0.6 is 0 Å². The Labute approximate surface area is 134 Å². The fourth-order valence-electron chi connectivity index (χ4n) is 5.92. The van der Waals surface area contributed by atoms with Crippen molar-refractivity contribution in [3.8, 4) is 5.75 Å². The van der Waals surface area contributed by atoms with Gasteiger partial charge in [-0.05, 0) is 91.4 Å². The Hall–Kier alpha value is -1.24. The van der Waals surface area contributed by atoms with E-state index in [1.165, 1.54) is 50.5 Å². The minimum atomic E-state index is 0.439. The number of hydrogen-bond donors (Lipinski definition) is 1. The molecular formula is C21H28O. The van der Waals surface area contributed by atoms with E-state index in [1.54, 1.807) is 5.56 Å². The van der Waals surface area contributed by atoms with Crippen LogP contribution in [0.4, 0.5) is 0 Å². The van der Waals surface area contributed by atoms with E-state index in [9.17, 15) is 5.11 Å². The molecule has 0 spiro atoms. The maximum absolute atomic E-state index is 9.76. The molecule has 0 radical (unpaired) electrons. The van der Waals surface area contributed by atoms with Gasteiger partial charge in [-0.1, -0.05) is 31.6 Å². The minimum Gasteiger partial charge on any atom is -0.508 e. The van der Waals surface area contributed by atoms with Crippen molar-refractivity contribution >= 4 is 0 Å². The molecule has 0 aromatic heterocycles. The summed E-state index contributed by atoms with van der Waals surface area (Å²) in [6, 6.07) is 6.12. The van der Waals surface area contributed by atoms with Gasteiger partial charge in [0.1, 0.15) is 5.75 Å². The summed E-state index contributed by atoms with van der Waals surface area (Å²) >= 11 is 0. The van der Waals surface area contributed by atoms with Gasteiger partial charge in [0.25, 0.3) is 0 Å². The Morgan fingerprint density at radius 1 is 1.23 bits per heavy atom. The Morgan fingerprint density at radius 3 is 3.00 bits per heavy atom. The predicted octanol–water partition coefficient (Wildman–Crippen LogP) is 5.58. The second kappa shape index (κ2) is 5.44. The van der Waals surface area contributed by atoms with E-state index in [-0.39, 0.29) is 0 Å². The van der Waals surface area contributed by atoms with Crippen molar-refractivity contribution < 1.29 is 5.11 Å². The number of phenolic OH excluding ortho intramolecular Hbond substituents is 1. The van der Waals surface area contributed by atoms with Crippen LogP contribution in [0, 0.1) is 17.3 Å². The van der Waals surface area contributed by atoms with Gasteiger partial charge >= 0.3 is 0 Å². The molecule has 0 saturated heterocycles. The second-order valence-corrected chi connectivity index (χ2v) is 7.77. The molecule has 0 heterocycles. The molecule has 1 heteroatoms. The topological polar surface area (TPSA) is 20.2 Å². The summed E-state index contributed by atoms with van der Waals surface area (Å²) in [4.78, 5) is 0. The number of fused-ring (bicyclic) bond motifs is 5. The van der Waals surface area contributed by atoms with Crippen molar-refractivity contribution in [2.45, 2.75) is 64.2 Å². The third kappa shape index (κ3) is 2.13. The van der Waals surface area contributed by atoms with Gasteiger partial charge in [-0.2, -0.15) is 0 Å². The molecule has 3 aliphatic rings. The largest absolute Gasteiger partial charge is 0.508 e. The SMILES string of the molecule is CCC=C[C@@]12CCC[C@H]1[C@@H]1CCc3cc(O)ccc3[C@H]1CC2. The lowest BCUT2D eigenvalue weighted by molar-refractivity contribution is 0.0826. The molecule has 1 aromatic rings. The molecule has 1 nitrogen and oxygen atoms in total. The molecule has 1 N–H and O–H groups in total. The summed E-state index contributed by atoms with van der Waals surface area (Å²) in [7, 11) is 0. The third-order valence-corrected chi connectivity index (χ3v) is 6.81. The second-order valence-electron chi connectivity index (χ2n) is 7.77. The summed E-state index contributed by atoms with van der Waals surface area (Å²) in [6.45, 7) is 2.26. The summed E-state index contributed by atoms with van der Waals surface area (Å²) < 4.78 is 0. The summed E-state index contributed by atoms with van der Waals surface area (Å²) in [5, 5.41) is 9.76. The average molecular weight is 296 g/mol. The molecule has 3 aliphatic carbocycles. The summed E-state index contributed by atoms with van der Waals surface area (Å²) in [5.41, 5.74) is 3.48. The van der Waals surface area contributed by atoms with Crippen LogP contribution in [-0.2, 0) is 6.42 Å². The van der Waals surface area contributed by atoms with Crippen molar-refractivity contribution in [2.75, 3.05) is 0 Å². The van der Waals surface area contributed by atoms with Crippen molar-refractivity contribution in [1.29, 1.82) is 0 Å². The normalized spacial score (nSPS) is 36.9. The first-order valence-electron chi connectivity index (χ1n) is 9.23. The standard InChI is InChI=1S/C21H28O/c1-2-3-11-21-12-4-5-20(21)19-8-6-15-14-16(22)7-9-17(15)18(19)10-13-21/h3,7,9,11,14,18-20,22H,2,4-6,8,10,12-13H2,1H3/t18-,19-,20+,21+/m1/s1. The molecule has 118 valence electrons. The third-order valence-electron chi connectivity index (χ3n) is 6.81. The zero-order chi connectivity index (χ0) is 15.2. The van der Waals surface area contributed by atoms with E-state index < -0.39 is 0 Å². The van der Waals surface area contributed by atoms with Crippen LogP contribution in [-0.4, -0.2) is 5.11 Å². The van der Waals surface area contributed by atoms with Crippen LogP contribution in [0.1, 0.15) is 68.9 Å². The van der Waals surface area contributed by atoms with E-state index in [0.29, 0.717) is 11.2 Å². The lowest BCUT2D eigenvalue weighted by Crippen LogP contribution is -2.40. The number of aryl methyl sites for hydroxylation is 1. The molecule has 4 rings (SSSR count). The van der Waals surface area contributed by atoms with Gasteiger partial charge in [-0.3, -0.25) is 0 Å². The van der Waals surface area contributed by atoms with Crippen molar-refractivity contribution in [3.63, 3.8) is 0 Å². The molecule has 0 bridgehead atoms. The fourth-order valence-corrected chi connectivity index (χ4v) is 5.92. The number of hydrogen-bond acceptors (Lipinski definition) is 1. The minimum absolute atomic E-state index is 0.439. The highest BCUT2D eigenvalue weighted by molar-refractivity contribution is 5.40. The van der Waals surface area contributed by atoms with Gasteiger partial charge in [-0.25, -0.2) is 0 Å². The van der Waals surface area contributed by atoms with Crippen LogP contribution < -0.4 is 0 Å². The van der Waals surface area contributed by atoms with Gasteiger partial charge in [0.05, 0.1) is 0 Å². The number of aromatic hydroxyl groups is 1. The predicted molar refractivity (Wildman–Crippen MR) is 91.1 cm³/mol. The van der Waals surface area contributed by atoms with Gasteiger partial charge in [0.15, 0.2) is 0 Å². The molecule has 22 heavy (non-hydrogen) atoms. The van der Waals surface area contributed by atoms with E-state index >= 15 is 0 Å². The quantitative estimate of drug-likeness (QED) is 0.706. The Bertz CT molecular complexity index is 588. The van der Waals surface area contributed by atoms with E-state index in [1.807, 2.05) is 12.1 Å². The van der Waals surface area contributed by atoms with Crippen molar-refractivity contribution in [2.24, 2.45) is 17.3 Å². The van der Waals surface area contributed by atoms with Gasteiger partial charge < -0.3 is 5.11 Å². The highest BCUT2D eigenvalue weighted by atomic mass is 16.3. The van der Waals surface area contributed by atoms with Crippen molar-refractivity contribution in [3.05, 3.63) is 41.5 Å². The van der Waals surface area contributed by atoms with Crippen LogP contribution in [0.25, 0.3) is 0 Å². The van der Waals surface area contributed by atoms with Crippen LogP contribution in [0.15, 0.2) is 30.4 Å². The zero-order valence-electron chi connectivity index (χ0n) is 13.7. The number of phenols is 1. The number of allylic oxidation sites excluding steroid dienone is 2. The lowest BCUT2D eigenvalue weighted by atomic mass is 9.55. The number of rotatable bonds is 2. The zero-order valence-corrected chi connectivity index (χ0v) is 13.7. The first-order chi connectivity index (χ1) is 10.7. The monoisotopic (exact) mass is 296 g/mol. The molecule has 2 saturated carbocycles. The maximum Gasteiger partial charge on any atom is 0.115 e. The van der Waals surface area contributed by atoms with E-state index in [0.717, 1.165) is 24.2 Å². The van der Waals surface area contributed by atoms with Gasteiger partial charge in [0.2, 0.25) is 0 Å². The average Bonchev–Trinajstić information content (AvgIpc) is 2.96. The Kier molecular flexibility index (Phi) is 3.55. The molecule has 0 unspecified atom stereocenters. The highest BCUT2D eigenvalue weighted by Crippen LogP contribution is 2.61. The molecule has 4 atom stereocenters. The van der Waals surface area contributed by atoms with Crippen molar-refractivity contribution in [1.82, 2.24) is 0 Å². The maximum atomic E-state index is 9.76. The highest BCUT2D eigenvalue weighted by Gasteiger charge is 2.51. The first-order valence-corrected chi connectivity index (χ1v) is 9.23. The smallest absolute Gasteiger partial charge is 0.115 e. The lowest BCUT2D eigenvalue weighted by Gasteiger charge is -2.49. The molecule has 2 fully saturated rings. The van der Waals surface area contributed by atoms with Crippen LogP contribution in [0.5, 0.6) is 5.75 Å². The summed E-state index contributed by atoms with van der Waals surface area (Å²) in [6.07, 6.45) is 15.7. The van der Waals surface area contributed by atoms with Gasteiger partial charge in [0, 0.05) is 0 Å². The fraction of sp³-hybridized carbons (Fsp3) is 0.619. The first kappa shape index (κ1) is 14.4. The summed E-state index contributed by atoms with van der Waals surface area (Å²) in [5.74, 6) is 2.95. The Balaban J connectivity index is 1.67. The molecule has 1 aromatic carbocycles. The van der Waals surface area contributed by atoms with E-state index in [4.69, 9.17) is 0 Å². The van der Waals surface area contributed by atoms with E-state index in [2.05, 4.69) is 25.1 Å². The molecule has 0 amide bonds. The van der Waals surface area contributed by atoms with Crippen LogP contribution in [0.3, 0.4) is 0 Å². The Morgan fingerprint density at radius 2 is 2.14 bits per heavy atom. The van der Waals surface area contributed by atoms with Crippen LogP contribution in [0.2, 0.25) is 0 Å². The molecular weight excluding hydrogens is 268 g/mol. The molecule has 0 aliphatic heterocycles. The van der Waals surface area contributed by atoms with Gasteiger partial charge in [-0.15, -0.1) is 0 Å². The number of benzene rings is 1.